The molecule has 4 heterocycles. The van der Waals surface area contributed by atoms with Gasteiger partial charge in [0.25, 0.3) is 5.56 Å². The number of fused-ring (bicyclic) bond motifs is 2. The minimum atomic E-state index is -0.491. The van der Waals surface area contributed by atoms with Crippen LogP contribution >= 0.6 is 0 Å². The van der Waals surface area contributed by atoms with Gasteiger partial charge in [0.05, 0.1) is 23.8 Å². The van der Waals surface area contributed by atoms with Crippen LogP contribution in [0, 0.1) is 12.7 Å². The minimum Gasteiger partial charge on any atom is -0.309 e. The molecule has 4 rings (SSSR count). The molecule has 0 aliphatic rings. The van der Waals surface area contributed by atoms with Crippen molar-refractivity contribution >= 4 is 16.4 Å². The monoisotopic (exact) mass is 368 g/mol. The first kappa shape index (κ1) is 20.3. The van der Waals surface area contributed by atoms with Crippen molar-refractivity contribution in [2.45, 2.75) is 41.2 Å². The Kier molecular flexibility index (Phi) is 6.82. The van der Waals surface area contributed by atoms with Gasteiger partial charge in [0, 0.05) is 30.2 Å². The second-order valence-electron chi connectivity index (χ2n) is 5.54. The van der Waals surface area contributed by atoms with E-state index in [1.807, 2.05) is 63.5 Å². The van der Waals surface area contributed by atoms with Crippen LogP contribution < -0.4 is 5.56 Å². The maximum Gasteiger partial charge on any atom is 0.260 e. The van der Waals surface area contributed by atoms with E-state index < -0.39 is 5.82 Å². The van der Waals surface area contributed by atoms with E-state index in [9.17, 15) is 9.18 Å². The molecule has 0 atom stereocenters. The second kappa shape index (κ2) is 9.07. The molecule has 4 aromatic rings. The summed E-state index contributed by atoms with van der Waals surface area (Å²) in [6.45, 7) is 10.3. The SMILES string of the molecule is CC.CC.Cc1ccc2nc(Cn3ccc4c(F)cncc4c3=O)cn2c1. The number of rotatable bonds is 2. The number of aromatic nitrogens is 4. The minimum absolute atomic E-state index is 0.270. The molecule has 6 heteroatoms. The molecule has 4 aromatic heterocycles. The summed E-state index contributed by atoms with van der Waals surface area (Å²) in [6.07, 6.45) is 7.96. The fraction of sp³-hybridized carbons (Fsp3) is 0.286. The lowest BCUT2D eigenvalue weighted by atomic mass is 10.2. The third-order valence-electron chi connectivity index (χ3n) is 3.83. The molecular weight excluding hydrogens is 343 g/mol. The molecule has 0 fully saturated rings. The van der Waals surface area contributed by atoms with E-state index in [1.54, 1.807) is 12.3 Å². The molecule has 0 amide bonds. The fourth-order valence-electron chi connectivity index (χ4n) is 2.70. The number of imidazole rings is 1. The molecule has 0 unspecified atom stereocenters. The second-order valence-corrected chi connectivity index (χ2v) is 5.54. The van der Waals surface area contributed by atoms with Crippen molar-refractivity contribution in [1.29, 1.82) is 0 Å². The van der Waals surface area contributed by atoms with Gasteiger partial charge >= 0.3 is 0 Å². The molecule has 0 aliphatic carbocycles. The summed E-state index contributed by atoms with van der Waals surface area (Å²) in [5, 5.41) is 0.555. The van der Waals surface area contributed by atoms with Gasteiger partial charge in [0.15, 0.2) is 0 Å². The van der Waals surface area contributed by atoms with E-state index >= 15 is 0 Å². The van der Waals surface area contributed by atoms with Gasteiger partial charge in [-0.25, -0.2) is 9.37 Å². The third kappa shape index (κ3) is 4.22. The van der Waals surface area contributed by atoms with E-state index in [4.69, 9.17) is 0 Å². The van der Waals surface area contributed by atoms with Crippen molar-refractivity contribution in [2.75, 3.05) is 0 Å². The molecular formula is C21H25FN4O. The van der Waals surface area contributed by atoms with E-state index in [0.717, 1.165) is 23.1 Å². The number of hydrogen-bond donors (Lipinski definition) is 0. The van der Waals surface area contributed by atoms with E-state index in [0.29, 0.717) is 6.54 Å². The van der Waals surface area contributed by atoms with Gasteiger partial charge in [-0.15, -0.1) is 0 Å². The Hall–Kier alpha value is -3.02. The van der Waals surface area contributed by atoms with Crippen molar-refractivity contribution in [3.8, 4) is 0 Å². The molecule has 0 bridgehead atoms. The van der Waals surface area contributed by atoms with Crippen LogP contribution in [0.4, 0.5) is 4.39 Å². The van der Waals surface area contributed by atoms with E-state index in [1.165, 1.54) is 10.8 Å². The van der Waals surface area contributed by atoms with Crippen LogP contribution in [0.15, 0.2) is 54.0 Å². The average Bonchev–Trinajstić information content (AvgIpc) is 3.09. The van der Waals surface area contributed by atoms with Crippen LogP contribution in [0.3, 0.4) is 0 Å². The summed E-state index contributed by atoms with van der Waals surface area (Å²) >= 11 is 0. The first-order valence-corrected chi connectivity index (χ1v) is 9.19. The average molecular weight is 368 g/mol. The quantitative estimate of drug-likeness (QED) is 0.520. The zero-order valence-electron chi connectivity index (χ0n) is 16.4. The Morgan fingerprint density at radius 2 is 1.74 bits per heavy atom. The Bertz CT molecular complexity index is 1100. The van der Waals surface area contributed by atoms with Crippen molar-refractivity contribution < 1.29 is 4.39 Å². The summed E-state index contributed by atoms with van der Waals surface area (Å²) in [4.78, 5) is 20.7. The van der Waals surface area contributed by atoms with Crippen LogP contribution in [0.5, 0.6) is 0 Å². The van der Waals surface area contributed by atoms with Gasteiger partial charge in [-0.1, -0.05) is 33.8 Å². The molecule has 142 valence electrons. The van der Waals surface area contributed by atoms with E-state index in [2.05, 4.69) is 9.97 Å². The predicted octanol–water partition coefficient (Wildman–Crippen LogP) is 4.59. The third-order valence-corrected chi connectivity index (χ3v) is 3.83. The van der Waals surface area contributed by atoms with Crippen LogP contribution in [0.1, 0.15) is 39.0 Å². The molecule has 0 aliphatic heterocycles. The highest BCUT2D eigenvalue weighted by atomic mass is 19.1. The maximum absolute atomic E-state index is 13.7. The molecule has 5 nitrogen and oxygen atoms in total. The Morgan fingerprint density at radius 3 is 2.48 bits per heavy atom. The van der Waals surface area contributed by atoms with Gasteiger partial charge in [-0.2, -0.15) is 0 Å². The number of halogens is 1. The standard InChI is InChI=1S/C17H13FN4O.2C2H6/c1-11-2-3-16-20-12(10-22(16)8-11)9-21-5-4-13-14(17(21)23)6-19-7-15(13)18;2*1-2/h2-8,10H,9H2,1H3;2*1-2H3. The summed E-state index contributed by atoms with van der Waals surface area (Å²) in [7, 11) is 0. The van der Waals surface area contributed by atoms with Crippen molar-refractivity contribution in [3.05, 3.63) is 76.6 Å². The molecule has 0 N–H and O–H groups in total. The number of pyridine rings is 3. The van der Waals surface area contributed by atoms with Gasteiger partial charge < -0.3 is 8.97 Å². The van der Waals surface area contributed by atoms with Crippen molar-refractivity contribution in [2.24, 2.45) is 0 Å². The fourth-order valence-corrected chi connectivity index (χ4v) is 2.70. The first-order chi connectivity index (χ1) is 13.1. The number of nitrogens with zero attached hydrogens (tertiary/aromatic N) is 4. The summed E-state index contributed by atoms with van der Waals surface area (Å²) < 4.78 is 17.1. The summed E-state index contributed by atoms with van der Waals surface area (Å²) in [6, 6.07) is 5.51. The van der Waals surface area contributed by atoms with Crippen LogP contribution in [-0.4, -0.2) is 18.9 Å². The summed E-state index contributed by atoms with van der Waals surface area (Å²) in [5.41, 5.74) is 2.45. The highest BCUT2D eigenvalue weighted by Crippen LogP contribution is 2.13. The van der Waals surface area contributed by atoms with Crippen LogP contribution in [0.25, 0.3) is 16.4 Å². The van der Waals surface area contributed by atoms with Gasteiger partial charge in [-0.05, 0) is 24.6 Å². The Balaban J connectivity index is 0.000000614. The Labute approximate surface area is 158 Å². The molecule has 0 saturated heterocycles. The largest absolute Gasteiger partial charge is 0.309 e. The first-order valence-electron chi connectivity index (χ1n) is 9.19. The highest BCUT2D eigenvalue weighted by molar-refractivity contribution is 5.80. The summed E-state index contributed by atoms with van der Waals surface area (Å²) in [5.74, 6) is -0.491. The van der Waals surface area contributed by atoms with Crippen LogP contribution in [0.2, 0.25) is 0 Å². The van der Waals surface area contributed by atoms with Crippen molar-refractivity contribution in [3.63, 3.8) is 0 Å². The number of hydrogen-bond acceptors (Lipinski definition) is 3. The van der Waals surface area contributed by atoms with Gasteiger partial charge in [-0.3, -0.25) is 9.78 Å². The zero-order valence-corrected chi connectivity index (χ0v) is 16.4. The van der Waals surface area contributed by atoms with Crippen LogP contribution in [-0.2, 0) is 6.54 Å². The lowest BCUT2D eigenvalue weighted by Gasteiger charge is -2.05. The van der Waals surface area contributed by atoms with E-state index in [-0.39, 0.29) is 16.3 Å². The van der Waals surface area contributed by atoms with Crippen molar-refractivity contribution in [1.82, 2.24) is 18.9 Å². The molecule has 0 radical (unpaired) electrons. The zero-order chi connectivity index (χ0) is 20.0. The molecule has 0 spiro atoms. The molecule has 0 aromatic carbocycles. The normalized spacial score (nSPS) is 10.1. The highest BCUT2D eigenvalue weighted by Gasteiger charge is 2.09. The lowest BCUT2D eigenvalue weighted by Crippen LogP contribution is -2.20. The van der Waals surface area contributed by atoms with Gasteiger partial charge in [0.2, 0.25) is 0 Å². The predicted molar refractivity (Wildman–Crippen MR) is 108 cm³/mol. The number of aryl methyl sites for hydroxylation is 1. The maximum atomic E-state index is 13.7. The Morgan fingerprint density at radius 1 is 1.00 bits per heavy atom. The lowest BCUT2D eigenvalue weighted by molar-refractivity contribution is 0.632. The smallest absolute Gasteiger partial charge is 0.260 e. The molecule has 0 saturated carbocycles. The topological polar surface area (TPSA) is 52.2 Å². The van der Waals surface area contributed by atoms with Gasteiger partial charge in [0.1, 0.15) is 11.5 Å². The molecule has 27 heavy (non-hydrogen) atoms.